The molecule has 0 radical (unpaired) electrons. The molecule has 1 rings (SSSR count). The van der Waals surface area contributed by atoms with Gasteiger partial charge in [-0.2, -0.15) is 0 Å². The van der Waals surface area contributed by atoms with Crippen molar-refractivity contribution in [2.45, 2.75) is 38.8 Å². The first-order valence-electron chi connectivity index (χ1n) is 5.56. The molecule has 0 unspecified atom stereocenters. The lowest BCUT2D eigenvalue weighted by atomic mass is 10.0. The molecular weight excluding hydrogens is 282 g/mol. The highest BCUT2D eigenvalue weighted by molar-refractivity contribution is 9.10. The van der Waals surface area contributed by atoms with Gasteiger partial charge in [0.15, 0.2) is 0 Å². The SMILES string of the molecule is CC(C)(N)CCC(=O)OCc1ccccc1Br. The fourth-order valence-electron chi connectivity index (χ4n) is 1.27. The summed E-state index contributed by atoms with van der Waals surface area (Å²) in [4.78, 5) is 11.5. The van der Waals surface area contributed by atoms with Crippen molar-refractivity contribution in [3.05, 3.63) is 34.3 Å². The number of carbonyl (C=O) groups excluding carboxylic acids is 1. The van der Waals surface area contributed by atoms with E-state index in [-0.39, 0.29) is 11.5 Å². The predicted octanol–water partition coefficient (Wildman–Crippen LogP) is 3.01. The molecule has 0 aromatic heterocycles. The molecule has 1 aromatic rings. The maximum atomic E-state index is 11.5. The molecule has 0 heterocycles. The van der Waals surface area contributed by atoms with Crippen molar-refractivity contribution in [2.24, 2.45) is 5.73 Å². The van der Waals surface area contributed by atoms with E-state index in [0.29, 0.717) is 19.4 Å². The van der Waals surface area contributed by atoms with Crippen LogP contribution in [0.25, 0.3) is 0 Å². The van der Waals surface area contributed by atoms with Crippen LogP contribution in [0, 0.1) is 0 Å². The van der Waals surface area contributed by atoms with Gasteiger partial charge in [-0.05, 0) is 26.3 Å². The van der Waals surface area contributed by atoms with Crippen LogP contribution < -0.4 is 5.73 Å². The van der Waals surface area contributed by atoms with Crippen LogP contribution in [0.5, 0.6) is 0 Å². The minimum Gasteiger partial charge on any atom is -0.461 e. The van der Waals surface area contributed by atoms with Crippen molar-refractivity contribution in [3.63, 3.8) is 0 Å². The number of halogens is 1. The Morgan fingerprint density at radius 2 is 2.06 bits per heavy atom. The average Bonchev–Trinajstić information content (AvgIpc) is 2.24. The average molecular weight is 300 g/mol. The zero-order valence-corrected chi connectivity index (χ0v) is 11.8. The molecule has 0 aliphatic heterocycles. The summed E-state index contributed by atoms with van der Waals surface area (Å²) in [5.74, 6) is -0.209. The fourth-order valence-corrected chi connectivity index (χ4v) is 1.67. The van der Waals surface area contributed by atoms with Crippen LogP contribution in [0.4, 0.5) is 0 Å². The molecule has 0 atom stereocenters. The summed E-state index contributed by atoms with van der Waals surface area (Å²) in [5.41, 5.74) is 6.44. The highest BCUT2D eigenvalue weighted by Crippen LogP contribution is 2.17. The molecule has 1 aromatic carbocycles. The van der Waals surface area contributed by atoms with Crippen molar-refractivity contribution in [1.29, 1.82) is 0 Å². The molecule has 0 aliphatic carbocycles. The van der Waals surface area contributed by atoms with Gasteiger partial charge < -0.3 is 10.5 Å². The summed E-state index contributed by atoms with van der Waals surface area (Å²) in [6.07, 6.45) is 0.982. The highest BCUT2D eigenvalue weighted by atomic mass is 79.9. The number of carbonyl (C=O) groups is 1. The van der Waals surface area contributed by atoms with Gasteiger partial charge in [0.25, 0.3) is 0 Å². The van der Waals surface area contributed by atoms with Crippen molar-refractivity contribution in [2.75, 3.05) is 0 Å². The van der Waals surface area contributed by atoms with Crippen molar-refractivity contribution < 1.29 is 9.53 Å². The molecule has 0 aliphatic rings. The van der Waals surface area contributed by atoms with E-state index in [2.05, 4.69) is 15.9 Å². The van der Waals surface area contributed by atoms with E-state index in [4.69, 9.17) is 10.5 Å². The van der Waals surface area contributed by atoms with Gasteiger partial charge in [0.05, 0.1) is 0 Å². The smallest absolute Gasteiger partial charge is 0.306 e. The Labute approximate surface area is 110 Å². The van der Waals surface area contributed by atoms with Crippen molar-refractivity contribution in [3.8, 4) is 0 Å². The van der Waals surface area contributed by atoms with Gasteiger partial charge in [-0.3, -0.25) is 4.79 Å². The van der Waals surface area contributed by atoms with Crippen LogP contribution in [0.3, 0.4) is 0 Å². The Morgan fingerprint density at radius 3 is 2.65 bits per heavy atom. The van der Waals surface area contributed by atoms with Crippen LogP contribution in [0.15, 0.2) is 28.7 Å². The second-order valence-corrected chi connectivity index (χ2v) is 5.60. The third kappa shape index (κ3) is 5.84. The Bertz CT molecular complexity index is 385. The normalized spacial score (nSPS) is 11.3. The summed E-state index contributed by atoms with van der Waals surface area (Å²) in [5, 5.41) is 0. The van der Waals surface area contributed by atoms with Crippen molar-refractivity contribution in [1.82, 2.24) is 0 Å². The molecule has 0 amide bonds. The van der Waals surface area contributed by atoms with E-state index >= 15 is 0 Å². The Balaban J connectivity index is 2.36. The molecule has 3 nitrogen and oxygen atoms in total. The molecule has 94 valence electrons. The van der Waals surface area contributed by atoms with Gasteiger partial charge in [0.1, 0.15) is 6.61 Å². The highest BCUT2D eigenvalue weighted by Gasteiger charge is 2.14. The Kier molecular flexibility index (Phi) is 5.15. The van der Waals surface area contributed by atoms with Gasteiger partial charge in [-0.1, -0.05) is 34.1 Å². The third-order valence-corrected chi connectivity index (χ3v) is 3.09. The molecule has 0 saturated heterocycles. The largest absolute Gasteiger partial charge is 0.461 e. The predicted molar refractivity (Wildman–Crippen MR) is 71.4 cm³/mol. The van der Waals surface area contributed by atoms with Crippen molar-refractivity contribution >= 4 is 21.9 Å². The van der Waals surface area contributed by atoms with Gasteiger partial charge in [0.2, 0.25) is 0 Å². The Hall–Kier alpha value is -0.870. The van der Waals surface area contributed by atoms with E-state index in [1.807, 2.05) is 38.1 Å². The third-order valence-electron chi connectivity index (χ3n) is 2.32. The molecule has 0 spiro atoms. The first kappa shape index (κ1) is 14.2. The maximum Gasteiger partial charge on any atom is 0.306 e. The molecule has 0 saturated carbocycles. The van der Waals surface area contributed by atoms with Crippen LogP contribution in [-0.4, -0.2) is 11.5 Å². The second kappa shape index (κ2) is 6.17. The lowest BCUT2D eigenvalue weighted by Gasteiger charge is -2.17. The standard InChI is InChI=1S/C13H18BrNO2/c1-13(2,15)8-7-12(16)17-9-10-5-3-4-6-11(10)14/h3-6H,7-9,15H2,1-2H3. The quantitative estimate of drug-likeness (QED) is 0.850. The van der Waals surface area contributed by atoms with Gasteiger partial charge in [0, 0.05) is 22.0 Å². The lowest BCUT2D eigenvalue weighted by Crippen LogP contribution is -2.32. The number of nitrogens with two attached hydrogens (primary N) is 1. The van der Waals surface area contributed by atoms with E-state index < -0.39 is 0 Å². The molecule has 4 heteroatoms. The van der Waals surface area contributed by atoms with E-state index in [1.54, 1.807) is 0 Å². The Morgan fingerprint density at radius 1 is 1.41 bits per heavy atom. The van der Waals surface area contributed by atoms with Gasteiger partial charge >= 0.3 is 5.97 Å². The summed E-state index contributed by atoms with van der Waals surface area (Å²) in [6, 6.07) is 7.68. The topological polar surface area (TPSA) is 52.3 Å². The van der Waals surface area contributed by atoms with Crippen LogP contribution in [0.2, 0.25) is 0 Å². The summed E-state index contributed by atoms with van der Waals surface area (Å²) in [6.45, 7) is 4.09. The maximum absolute atomic E-state index is 11.5. The van der Waals surface area contributed by atoms with Gasteiger partial charge in [-0.25, -0.2) is 0 Å². The fraction of sp³-hybridized carbons (Fsp3) is 0.462. The minimum atomic E-state index is -0.327. The number of rotatable bonds is 5. The zero-order valence-electron chi connectivity index (χ0n) is 10.2. The van der Waals surface area contributed by atoms with E-state index in [9.17, 15) is 4.79 Å². The van der Waals surface area contributed by atoms with Crippen LogP contribution in [-0.2, 0) is 16.1 Å². The summed E-state index contributed by atoms with van der Waals surface area (Å²) < 4.78 is 6.13. The molecule has 0 fully saturated rings. The molecule has 2 N–H and O–H groups in total. The molecule has 0 bridgehead atoms. The van der Waals surface area contributed by atoms with Crippen LogP contribution >= 0.6 is 15.9 Å². The minimum absolute atomic E-state index is 0.209. The summed E-state index contributed by atoms with van der Waals surface area (Å²) >= 11 is 3.41. The first-order valence-corrected chi connectivity index (χ1v) is 6.36. The summed E-state index contributed by atoms with van der Waals surface area (Å²) in [7, 11) is 0. The zero-order chi connectivity index (χ0) is 12.9. The molecular formula is C13H18BrNO2. The number of hydrogen-bond acceptors (Lipinski definition) is 3. The molecule has 17 heavy (non-hydrogen) atoms. The number of esters is 1. The monoisotopic (exact) mass is 299 g/mol. The van der Waals surface area contributed by atoms with Crippen LogP contribution in [0.1, 0.15) is 32.3 Å². The lowest BCUT2D eigenvalue weighted by molar-refractivity contribution is -0.145. The second-order valence-electron chi connectivity index (χ2n) is 4.74. The van der Waals surface area contributed by atoms with E-state index in [0.717, 1.165) is 10.0 Å². The number of benzene rings is 1. The van der Waals surface area contributed by atoms with E-state index in [1.165, 1.54) is 0 Å². The number of hydrogen-bond donors (Lipinski definition) is 1. The first-order chi connectivity index (χ1) is 7.88. The van der Waals surface area contributed by atoms with Gasteiger partial charge in [-0.15, -0.1) is 0 Å². The number of ether oxygens (including phenoxy) is 1.